The Balaban J connectivity index is 3.89. The average molecular weight is 931 g/mol. The second-order valence-corrected chi connectivity index (χ2v) is 17.8. The molecule has 0 aromatic carbocycles. The lowest BCUT2D eigenvalue weighted by Gasteiger charge is -2.20. The summed E-state index contributed by atoms with van der Waals surface area (Å²) < 4.78 is 32.7. The fraction of sp³-hybridized carbons (Fsp3) is 0.667. The number of phosphoric ester groups is 1. The first-order valence-electron chi connectivity index (χ1n) is 25.2. The normalized spacial score (nSPS) is 14.5. The molecular formula is C54H91O10P. The van der Waals surface area contributed by atoms with Gasteiger partial charge in [-0.1, -0.05) is 188 Å². The Kier molecular flexibility index (Phi) is 46.5. The standard InChI is InChI=1S/C54H91O10P/c1-3-5-7-9-11-13-15-17-19-21-23-24-25-26-28-30-32-34-36-38-40-42-44-46-54(58)64-52(48-56)50-62-65(59,60)61-49-51(47-55)63-53(57)45-43-41-39-37-35-33-31-29-27-22-20-18-16-14-12-10-8-6-4-2/h5-8,11-14,17-20,23-24,27,29,51-52,55-56H,3-4,9-10,15-16,21-22,25-26,28,30-50H2,1-2H3,(H,59,60)/b7-5-,8-6-,13-11-,14-12-,19-17-,20-18-,24-23-,29-27-. The molecule has 0 aliphatic heterocycles. The van der Waals surface area contributed by atoms with Gasteiger partial charge in [-0.05, 0) is 89.9 Å². The zero-order valence-corrected chi connectivity index (χ0v) is 41.6. The van der Waals surface area contributed by atoms with Gasteiger partial charge in [0.1, 0.15) is 12.2 Å². The van der Waals surface area contributed by atoms with Gasteiger partial charge in [0.2, 0.25) is 0 Å². The van der Waals surface area contributed by atoms with Gasteiger partial charge in [-0.3, -0.25) is 18.6 Å². The van der Waals surface area contributed by atoms with Gasteiger partial charge in [0.15, 0.2) is 0 Å². The molecule has 0 bridgehead atoms. The molecule has 372 valence electrons. The molecule has 3 N–H and O–H groups in total. The molecule has 65 heavy (non-hydrogen) atoms. The quantitative estimate of drug-likeness (QED) is 0.0233. The van der Waals surface area contributed by atoms with Crippen LogP contribution in [0.2, 0.25) is 0 Å². The summed E-state index contributed by atoms with van der Waals surface area (Å²) in [5.41, 5.74) is 0. The van der Waals surface area contributed by atoms with Gasteiger partial charge in [0.25, 0.3) is 0 Å². The molecule has 11 heteroatoms. The molecular weight excluding hydrogens is 840 g/mol. The van der Waals surface area contributed by atoms with Crippen LogP contribution in [0.3, 0.4) is 0 Å². The van der Waals surface area contributed by atoms with Crippen molar-refractivity contribution in [2.75, 3.05) is 26.4 Å². The van der Waals surface area contributed by atoms with Gasteiger partial charge in [0.05, 0.1) is 26.4 Å². The first-order valence-corrected chi connectivity index (χ1v) is 26.7. The van der Waals surface area contributed by atoms with Crippen molar-refractivity contribution in [2.45, 2.75) is 206 Å². The minimum atomic E-state index is -4.66. The molecule has 0 amide bonds. The molecule has 0 aliphatic carbocycles. The number of esters is 2. The highest BCUT2D eigenvalue weighted by Gasteiger charge is 2.27. The summed E-state index contributed by atoms with van der Waals surface area (Å²) in [6, 6.07) is 0. The number of hydrogen-bond donors (Lipinski definition) is 3. The van der Waals surface area contributed by atoms with Crippen molar-refractivity contribution < 1.29 is 47.8 Å². The molecule has 3 atom stereocenters. The van der Waals surface area contributed by atoms with E-state index in [1.807, 2.05) is 0 Å². The second-order valence-electron chi connectivity index (χ2n) is 16.4. The van der Waals surface area contributed by atoms with Crippen LogP contribution in [0, 0.1) is 0 Å². The number of rotatable bonds is 46. The number of ether oxygens (including phenoxy) is 2. The van der Waals surface area contributed by atoms with E-state index < -0.39 is 58.4 Å². The number of allylic oxidation sites excluding steroid dienone is 16. The fourth-order valence-electron chi connectivity index (χ4n) is 6.51. The Morgan fingerprint density at radius 3 is 0.969 bits per heavy atom. The van der Waals surface area contributed by atoms with Crippen molar-refractivity contribution >= 4 is 19.8 Å². The summed E-state index contributed by atoms with van der Waals surface area (Å²) in [7, 11) is -4.66. The van der Waals surface area contributed by atoms with Crippen molar-refractivity contribution in [3.8, 4) is 0 Å². The number of aliphatic hydroxyl groups excluding tert-OH is 2. The summed E-state index contributed by atoms with van der Waals surface area (Å²) in [5, 5.41) is 19.3. The first-order chi connectivity index (χ1) is 31.8. The van der Waals surface area contributed by atoms with Gasteiger partial charge < -0.3 is 24.6 Å². The average Bonchev–Trinajstić information content (AvgIpc) is 3.30. The molecule has 0 fully saturated rings. The highest BCUT2D eigenvalue weighted by molar-refractivity contribution is 7.47. The third-order valence-electron chi connectivity index (χ3n) is 10.3. The largest absolute Gasteiger partial charge is 0.472 e. The van der Waals surface area contributed by atoms with E-state index in [2.05, 4.69) is 111 Å². The van der Waals surface area contributed by atoms with E-state index in [9.17, 15) is 29.3 Å². The lowest BCUT2D eigenvalue weighted by molar-refractivity contribution is -0.153. The van der Waals surface area contributed by atoms with Crippen LogP contribution < -0.4 is 0 Å². The van der Waals surface area contributed by atoms with Crippen LogP contribution >= 0.6 is 7.82 Å². The third kappa shape index (κ3) is 47.2. The Morgan fingerprint density at radius 1 is 0.415 bits per heavy atom. The van der Waals surface area contributed by atoms with E-state index in [0.29, 0.717) is 12.8 Å². The predicted molar refractivity (Wildman–Crippen MR) is 269 cm³/mol. The molecule has 0 aromatic rings. The summed E-state index contributed by atoms with van der Waals surface area (Å²) in [4.78, 5) is 34.7. The number of aliphatic hydroxyl groups is 2. The number of unbranched alkanes of at least 4 members (excludes halogenated alkanes) is 16. The SMILES string of the molecule is CC/C=C\C/C=C\C/C=C\C/C=C\CCCCCCCCCCCCC(=O)OC(CO)COP(=O)(O)OCC(CO)OC(=O)CCCCCCCC/C=C\C/C=C\C/C=C\C/C=C\CC. The summed E-state index contributed by atoms with van der Waals surface area (Å²) >= 11 is 0. The Hall–Kier alpha value is -3.11. The predicted octanol–water partition coefficient (Wildman–Crippen LogP) is 14.3. The van der Waals surface area contributed by atoms with Crippen molar-refractivity contribution in [2.24, 2.45) is 0 Å². The second kappa shape index (κ2) is 48.8. The molecule has 0 heterocycles. The topological polar surface area (TPSA) is 149 Å². The van der Waals surface area contributed by atoms with Crippen LogP contribution in [0.5, 0.6) is 0 Å². The van der Waals surface area contributed by atoms with E-state index in [0.717, 1.165) is 116 Å². The molecule has 3 unspecified atom stereocenters. The summed E-state index contributed by atoms with van der Waals surface area (Å²) in [6.45, 7) is 1.97. The zero-order chi connectivity index (χ0) is 47.6. The molecule has 0 rings (SSSR count). The number of phosphoric acid groups is 1. The fourth-order valence-corrected chi connectivity index (χ4v) is 7.29. The van der Waals surface area contributed by atoms with Crippen LogP contribution in [-0.2, 0) is 32.7 Å². The maximum absolute atomic E-state index is 12.4. The van der Waals surface area contributed by atoms with Crippen LogP contribution in [-0.4, -0.2) is 65.7 Å². The van der Waals surface area contributed by atoms with Crippen LogP contribution in [0.1, 0.15) is 194 Å². The molecule has 0 saturated heterocycles. The van der Waals surface area contributed by atoms with Crippen LogP contribution in [0.4, 0.5) is 0 Å². The number of hydrogen-bond acceptors (Lipinski definition) is 9. The Labute approximate surface area is 395 Å². The molecule has 0 saturated carbocycles. The van der Waals surface area contributed by atoms with Crippen molar-refractivity contribution in [3.05, 3.63) is 97.2 Å². The van der Waals surface area contributed by atoms with E-state index in [1.165, 1.54) is 38.5 Å². The van der Waals surface area contributed by atoms with E-state index in [-0.39, 0.29) is 12.8 Å². The van der Waals surface area contributed by atoms with Gasteiger partial charge >= 0.3 is 19.8 Å². The lowest BCUT2D eigenvalue weighted by atomic mass is 10.0. The van der Waals surface area contributed by atoms with Gasteiger partial charge in [-0.15, -0.1) is 0 Å². The molecule has 0 aromatic heterocycles. The zero-order valence-electron chi connectivity index (χ0n) is 40.7. The van der Waals surface area contributed by atoms with Crippen LogP contribution in [0.25, 0.3) is 0 Å². The lowest BCUT2D eigenvalue weighted by Crippen LogP contribution is -2.28. The first kappa shape index (κ1) is 61.9. The van der Waals surface area contributed by atoms with Crippen LogP contribution in [0.15, 0.2) is 97.2 Å². The highest BCUT2D eigenvalue weighted by Crippen LogP contribution is 2.43. The van der Waals surface area contributed by atoms with Crippen molar-refractivity contribution in [1.82, 2.24) is 0 Å². The Bertz CT molecular complexity index is 1400. The van der Waals surface area contributed by atoms with Gasteiger partial charge in [-0.25, -0.2) is 4.57 Å². The van der Waals surface area contributed by atoms with Crippen molar-refractivity contribution in [3.63, 3.8) is 0 Å². The van der Waals surface area contributed by atoms with Crippen molar-refractivity contribution in [1.29, 1.82) is 0 Å². The summed E-state index contributed by atoms with van der Waals surface area (Å²) in [6.07, 6.45) is 60.9. The van der Waals surface area contributed by atoms with Gasteiger partial charge in [0, 0.05) is 12.8 Å². The summed E-state index contributed by atoms with van der Waals surface area (Å²) in [5.74, 6) is -1.04. The minimum absolute atomic E-state index is 0.171. The molecule has 0 aliphatic rings. The molecule has 10 nitrogen and oxygen atoms in total. The highest BCUT2D eigenvalue weighted by atomic mass is 31.2. The molecule has 0 radical (unpaired) electrons. The minimum Gasteiger partial charge on any atom is -0.457 e. The monoisotopic (exact) mass is 931 g/mol. The number of carbonyl (C=O) groups is 2. The maximum atomic E-state index is 12.4. The van der Waals surface area contributed by atoms with Gasteiger partial charge in [-0.2, -0.15) is 0 Å². The third-order valence-corrected chi connectivity index (χ3v) is 11.2. The Morgan fingerprint density at radius 2 is 0.677 bits per heavy atom. The van der Waals surface area contributed by atoms with E-state index >= 15 is 0 Å². The molecule has 0 spiro atoms. The van der Waals surface area contributed by atoms with E-state index in [4.69, 9.17) is 18.5 Å². The number of carbonyl (C=O) groups excluding carboxylic acids is 2. The van der Waals surface area contributed by atoms with E-state index in [1.54, 1.807) is 0 Å². The smallest absolute Gasteiger partial charge is 0.457 e. The maximum Gasteiger partial charge on any atom is 0.472 e.